The lowest BCUT2D eigenvalue weighted by Crippen LogP contribution is -2.47. The molecule has 286 valence electrons. The van der Waals surface area contributed by atoms with E-state index in [0.717, 1.165) is 95.2 Å². The van der Waals surface area contributed by atoms with E-state index in [1.807, 2.05) is 24.3 Å². The number of amides is 3. The second-order valence-electron chi connectivity index (χ2n) is 16.2. The van der Waals surface area contributed by atoms with Gasteiger partial charge >= 0.3 is 0 Å². The Morgan fingerprint density at radius 2 is 1.59 bits per heavy atom. The van der Waals surface area contributed by atoms with Gasteiger partial charge in [-0.2, -0.15) is 0 Å². The lowest BCUT2D eigenvalue weighted by molar-refractivity contribution is -0.138. The van der Waals surface area contributed by atoms with Gasteiger partial charge in [-0.3, -0.25) is 19.7 Å². The number of aromatic nitrogens is 2. The molecule has 3 aromatic rings. The molecule has 2 aromatic carbocycles. The van der Waals surface area contributed by atoms with Crippen LogP contribution in [-0.2, 0) is 14.4 Å². The summed E-state index contributed by atoms with van der Waals surface area (Å²) in [6.45, 7) is 4.47. The van der Waals surface area contributed by atoms with Crippen LogP contribution in [0.2, 0.25) is 0 Å². The lowest BCUT2D eigenvalue weighted by Gasteiger charge is -2.39. The molecule has 4 heterocycles. The Balaban J connectivity index is 0.749. The minimum absolute atomic E-state index is 0.0381. The Morgan fingerprint density at radius 1 is 0.815 bits per heavy atom. The second-order valence-corrected chi connectivity index (χ2v) is 16.2. The molecule has 0 bridgehead atoms. The molecule has 2 aliphatic carbocycles. The number of halogens is 2. The molecule has 2 saturated carbocycles. The Kier molecular flexibility index (Phi) is 10.9. The maximum Gasteiger partial charge on any atom is 0.249 e. The van der Waals surface area contributed by atoms with Gasteiger partial charge in [0, 0.05) is 49.3 Å². The molecule has 3 amide bonds. The average molecular weight is 740 g/mol. The van der Waals surface area contributed by atoms with Crippen molar-refractivity contribution in [2.75, 3.05) is 43.4 Å². The predicted octanol–water partition coefficient (Wildman–Crippen LogP) is 6.61. The maximum absolute atomic E-state index is 15.2. The van der Waals surface area contributed by atoms with Crippen LogP contribution in [0, 0.1) is 23.5 Å². The Morgan fingerprint density at radius 3 is 2.31 bits per heavy atom. The molecule has 3 saturated heterocycles. The number of rotatable bonds is 10. The number of likely N-dealkylation sites (tertiary alicyclic amines) is 2. The quantitative estimate of drug-likeness (QED) is 0.199. The van der Waals surface area contributed by atoms with Crippen LogP contribution in [0.1, 0.15) is 100 Å². The van der Waals surface area contributed by atoms with Crippen molar-refractivity contribution in [3.63, 3.8) is 0 Å². The Hall–Kier alpha value is -4.45. The van der Waals surface area contributed by atoms with Crippen molar-refractivity contribution in [1.82, 2.24) is 25.1 Å². The van der Waals surface area contributed by atoms with E-state index in [0.29, 0.717) is 35.6 Å². The highest BCUT2D eigenvalue weighted by atomic mass is 19.1. The molecule has 5 aliphatic rings. The molecular formula is C42H51F2N7O3. The van der Waals surface area contributed by atoms with Gasteiger partial charge in [0.05, 0.1) is 6.20 Å². The summed E-state index contributed by atoms with van der Waals surface area (Å²) in [5, 5.41) is 8.82. The highest BCUT2D eigenvalue weighted by molar-refractivity contribution is 6.01. The van der Waals surface area contributed by atoms with Crippen LogP contribution in [-0.4, -0.2) is 82.3 Å². The van der Waals surface area contributed by atoms with Crippen molar-refractivity contribution in [3.8, 4) is 11.3 Å². The van der Waals surface area contributed by atoms with Crippen molar-refractivity contribution in [2.24, 2.45) is 11.8 Å². The zero-order valence-corrected chi connectivity index (χ0v) is 30.9. The van der Waals surface area contributed by atoms with Crippen molar-refractivity contribution < 1.29 is 23.2 Å². The summed E-state index contributed by atoms with van der Waals surface area (Å²) in [5.41, 5.74) is 3.63. The largest absolute Gasteiger partial charge is 0.374 e. The van der Waals surface area contributed by atoms with Crippen molar-refractivity contribution in [3.05, 3.63) is 71.4 Å². The van der Waals surface area contributed by atoms with E-state index >= 15 is 4.39 Å². The number of piperidine rings is 3. The Labute approximate surface area is 315 Å². The average Bonchev–Trinajstić information content (AvgIpc) is 4.04. The number of nitrogens with zero attached hydrogens (tertiary/aromatic N) is 4. The first-order valence-electron chi connectivity index (χ1n) is 20.1. The number of carbonyl (C=O) groups is 3. The van der Waals surface area contributed by atoms with Gasteiger partial charge in [0.25, 0.3) is 0 Å². The zero-order valence-electron chi connectivity index (χ0n) is 30.9. The molecule has 8 rings (SSSR count). The maximum atomic E-state index is 15.2. The number of benzene rings is 2. The summed E-state index contributed by atoms with van der Waals surface area (Å²) in [7, 11) is 0. The van der Waals surface area contributed by atoms with E-state index in [1.54, 1.807) is 0 Å². The van der Waals surface area contributed by atoms with Gasteiger partial charge in [-0.15, -0.1) is 0 Å². The van der Waals surface area contributed by atoms with E-state index in [2.05, 4.69) is 47.9 Å². The molecule has 3 N–H and O–H groups in total. The van der Waals surface area contributed by atoms with Crippen molar-refractivity contribution >= 4 is 29.4 Å². The van der Waals surface area contributed by atoms with Crippen LogP contribution in [0.4, 0.5) is 20.4 Å². The molecule has 10 nitrogen and oxygen atoms in total. The smallest absolute Gasteiger partial charge is 0.249 e. The van der Waals surface area contributed by atoms with E-state index in [4.69, 9.17) is 0 Å². The van der Waals surface area contributed by atoms with E-state index in [-0.39, 0.29) is 47.8 Å². The van der Waals surface area contributed by atoms with Gasteiger partial charge in [-0.1, -0.05) is 24.3 Å². The molecule has 1 aromatic heterocycles. The summed E-state index contributed by atoms with van der Waals surface area (Å²) in [4.78, 5) is 50.4. The standard InChI is InChI=1S/C42H51F2N7O3/c43-35-23-33(46-37-12-13-38(52)48-40(37)53)10-11-34(35)28-16-18-50(19-17-28)25-26-14-20-51(21-15-26)41(54)29-6-8-32(9-7-29)47-42-45-24-36(44)39(49-42)31-3-1-2-30(22-31)27-4-5-27/h1-3,10-11,22-24,26-29,32,37,46H,4-9,12-21,25H2,(H,45,47,49)(H,48,52,53)/t29-,32-,37?. The minimum Gasteiger partial charge on any atom is -0.374 e. The van der Waals surface area contributed by atoms with Crippen LogP contribution in [0.3, 0.4) is 0 Å². The summed E-state index contributed by atoms with van der Waals surface area (Å²) >= 11 is 0. The molecule has 54 heavy (non-hydrogen) atoms. The molecule has 0 spiro atoms. The molecule has 12 heteroatoms. The molecule has 5 fully saturated rings. The first-order chi connectivity index (χ1) is 26.3. The van der Waals surface area contributed by atoms with Crippen LogP contribution < -0.4 is 16.0 Å². The predicted molar refractivity (Wildman–Crippen MR) is 203 cm³/mol. The Bertz CT molecular complexity index is 1850. The fourth-order valence-electron chi connectivity index (χ4n) is 9.03. The van der Waals surface area contributed by atoms with Gasteiger partial charge < -0.3 is 20.4 Å². The molecule has 1 unspecified atom stereocenters. The van der Waals surface area contributed by atoms with Gasteiger partial charge in [0.1, 0.15) is 17.6 Å². The van der Waals surface area contributed by atoms with E-state index < -0.39 is 11.9 Å². The highest BCUT2D eigenvalue weighted by Crippen LogP contribution is 2.41. The van der Waals surface area contributed by atoms with E-state index in [1.165, 1.54) is 30.7 Å². The molecule has 3 aliphatic heterocycles. The molecule has 0 radical (unpaired) electrons. The van der Waals surface area contributed by atoms with Gasteiger partial charge in [-0.05, 0) is 131 Å². The number of nitrogens with one attached hydrogen (secondary N) is 3. The van der Waals surface area contributed by atoms with Gasteiger partial charge in [0.2, 0.25) is 23.7 Å². The molecule has 1 atom stereocenters. The highest BCUT2D eigenvalue weighted by Gasteiger charge is 2.33. The first-order valence-corrected chi connectivity index (χ1v) is 20.1. The third-order valence-electron chi connectivity index (χ3n) is 12.4. The number of carbonyl (C=O) groups excluding carboxylic acids is 3. The van der Waals surface area contributed by atoms with Crippen molar-refractivity contribution in [2.45, 2.75) is 101 Å². The number of anilines is 2. The van der Waals surface area contributed by atoms with Gasteiger partial charge in [-0.25, -0.2) is 18.7 Å². The summed E-state index contributed by atoms with van der Waals surface area (Å²) < 4.78 is 30.0. The third-order valence-corrected chi connectivity index (χ3v) is 12.4. The van der Waals surface area contributed by atoms with Crippen molar-refractivity contribution in [1.29, 1.82) is 0 Å². The fraction of sp³-hybridized carbons (Fsp3) is 0.548. The summed E-state index contributed by atoms with van der Waals surface area (Å²) in [5.74, 6) is 0.731. The minimum atomic E-state index is -0.537. The van der Waals surface area contributed by atoms with E-state index in [9.17, 15) is 18.8 Å². The van der Waals surface area contributed by atoms with Crippen LogP contribution >= 0.6 is 0 Å². The van der Waals surface area contributed by atoms with Crippen LogP contribution in [0.5, 0.6) is 0 Å². The monoisotopic (exact) mass is 739 g/mol. The fourth-order valence-corrected chi connectivity index (χ4v) is 9.03. The summed E-state index contributed by atoms with van der Waals surface area (Å²) in [6, 6.07) is 12.8. The lowest BCUT2D eigenvalue weighted by atomic mass is 9.84. The normalized spacial score (nSPS) is 24.6. The first kappa shape index (κ1) is 36.5. The zero-order chi connectivity index (χ0) is 37.2. The number of hydrogen-bond acceptors (Lipinski definition) is 8. The third kappa shape index (κ3) is 8.59. The van der Waals surface area contributed by atoms with Gasteiger partial charge in [0.15, 0.2) is 5.82 Å². The van der Waals surface area contributed by atoms with Crippen LogP contribution in [0.15, 0.2) is 48.7 Å². The number of hydrogen-bond donors (Lipinski definition) is 3. The topological polar surface area (TPSA) is 120 Å². The van der Waals surface area contributed by atoms with Crippen LogP contribution in [0.25, 0.3) is 11.3 Å². The summed E-state index contributed by atoms with van der Waals surface area (Å²) in [6.07, 6.45) is 11.5. The molecular weight excluding hydrogens is 689 g/mol. The second kappa shape index (κ2) is 16.1. The number of imide groups is 1. The SMILES string of the molecule is O=C1CCC(Nc2ccc(C3CCN(CC4CCN(C(=O)[C@H]5CC[C@H](Nc6ncc(F)c(-c7cccc(C8CC8)c7)n6)CC5)CC4)CC3)c(F)c2)C(=O)N1.